The van der Waals surface area contributed by atoms with E-state index in [4.69, 9.17) is 9.47 Å². The van der Waals surface area contributed by atoms with Gasteiger partial charge >= 0.3 is 11.9 Å². The van der Waals surface area contributed by atoms with Crippen LogP contribution < -0.4 is 0 Å². The number of allylic oxidation sites excluding steroid dienone is 1. The number of rotatable bonds is 1. The van der Waals surface area contributed by atoms with Crippen LogP contribution in [-0.4, -0.2) is 34.9 Å². The minimum Gasteiger partial charge on any atom is -0.462 e. The first-order chi connectivity index (χ1) is 10.3. The molecule has 0 bridgehead atoms. The number of esters is 2. The quantitative estimate of drug-likeness (QED) is 0.454. The largest absolute Gasteiger partial charge is 0.462 e. The fraction of sp³-hybridized carbons (Fsp3) is 0.647. The van der Waals surface area contributed by atoms with Gasteiger partial charge in [0.25, 0.3) is 0 Å². The topological polar surface area (TPSA) is 72.8 Å². The third-order valence-electron chi connectivity index (χ3n) is 5.54. The average Bonchev–Trinajstić information content (AvgIpc) is 2.86. The van der Waals surface area contributed by atoms with E-state index in [0.29, 0.717) is 6.42 Å². The third-order valence-corrected chi connectivity index (χ3v) is 5.54. The highest BCUT2D eigenvalue weighted by atomic mass is 16.6. The van der Waals surface area contributed by atoms with E-state index in [1.54, 1.807) is 0 Å². The van der Waals surface area contributed by atoms with Crippen molar-refractivity contribution in [1.82, 2.24) is 0 Å². The summed E-state index contributed by atoms with van der Waals surface area (Å²) >= 11 is 0. The minimum absolute atomic E-state index is 0.0424. The Hall–Kier alpha value is -1.62. The number of hydrogen-bond donors (Lipinski definition) is 1. The number of carbonyl (C=O) groups is 2. The van der Waals surface area contributed by atoms with Gasteiger partial charge in [-0.25, -0.2) is 4.79 Å². The molecule has 3 aliphatic rings. The van der Waals surface area contributed by atoms with E-state index in [1.165, 1.54) is 6.92 Å². The van der Waals surface area contributed by atoms with Crippen molar-refractivity contribution < 1.29 is 24.2 Å². The van der Waals surface area contributed by atoms with Gasteiger partial charge in [-0.3, -0.25) is 4.79 Å². The molecule has 0 aromatic rings. The van der Waals surface area contributed by atoms with Gasteiger partial charge in [0.05, 0.1) is 5.92 Å². The van der Waals surface area contributed by atoms with Crippen LogP contribution in [0.1, 0.15) is 33.6 Å². The first kappa shape index (κ1) is 15.3. The maximum Gasteiger partial charge on any atom is 0.334 e. The Labute approximate surface area is 130 Å². The van der Waals surface area contributed by atoms with Gasteiger partial charge in [0.2, 0.25) is 0 Å². The van der Waals surface area contributed by atoms with Crippen molar-refractivity contribution in [3.8, 4) is 0 Å². The molecule has 1 aliphatic heterocycles. The van der Waals surface area contributed by atoms with Crippen molar-refractivity contribution in [2.75, 3.05) is 0 Å². The van der Waals surface area contributed by atoms with Gasteiger partial charge in [-0.2, -0.15) is 0 Å². The zero-order valence-corrected chi connectivity index (χ0v) is 13.2. The molecule has 2 fully saturated rings. The summed E-state index contributed by atoms with van der Waals surface area (Å²) in [6.07, 6.45) is 2.12. The molecule has 2 aliphatic carbocycles. The molecule has 0 unspecified atom stereocenters. The molecular formula is C17H22O5. The Balaban J connectivity index is 2.08. The minimum atomic E-state index is -1.20. The fourth-order valence-corrected chi connectivity index (χ4v) is 4.42. The van der Waals surface area contributed by atoms with E-state index in [9.17, 15) is 14.7 Å². The third kappa shape index (κ3) is 1.95. The fourth-order valence-electron chi connectivity index (χ4n) is 4.42. The van der Waals surface area contributed by atoms with Gasteiger partial charge in [0.1, 0.15) is 17.8 Å². The summed E-state index contributed by atoms with van der Waals surface area (Å²) in [6.45, 7) is 9.08. The highest BCUT2D eigenvalue weighted by Crippen LogP contribution is 2.53. The smallest absolute Gasteiger partial charge is 0.334 e. The standard InChI is InChI=1S/C17H22O5/c1-8-7-13(21-11(4)18)14-10(3)16(19)22-15(14)17(20)9(2)5-6-12(8)17/h5,8,12-15,20H,3,6-7H2,1-2,4H3/t8-,12-,13-,14+,15+,17+/m0/s1. The summed E-state index contributed by atoms with van der Waals surface area (Å²) in [7, 11) is 0. The molecule has 5 heteroatoms. The Morgan fingerprint density at radius 2 is 2.23 bits per heavy atom. The van der Waals surface area contributed by atoms with E-state index in [1.807, 2.05) is 19.9 Å². The Kier molecular flexibility index (Phi) is 3.44. The molecule has 0 spiro atoms. The summed E-state index contributed by atoms with van der Waals surface area (Å²) in [4.78, 5) is 23.5. The summed E-state index contributed by atoms with van der Waals surface area (Å²) in [5, 5.41) is 11.4. The number of fused-ring (bicyclic) bond motifs is 3. The second-order valence-electron chi connectivity index (χ2n) is 6.79. The molecule has 22 heavy (non-hydrogen) atoms. The molecule has 6 atom stereocenters. The van der Waals surface area contributed by atoms with E-state index in [-0.39, 0.29) is 17.4 Å². The normalized spacial score (nSPS) is 43.8. The Morgan fingerprint density at radius 3 is 2.86 bits per heavy atom. The van der Waals surface area contributed by atoms with Crippen LogP contribution in [0.2, 0.25) is 0 Å². The highest BCUT2D eigenvalue weighted by molar-refractivity contribution is 5.91. The summed E-state index contributed by atoms with van der Waals surface area (Å²) in [6, 6.07) is 0. The van der Waals surface area contributed by atoms with Crippen LogP contribution in [0.5, 0.6) is 0 Å². The van der Waals surface area contributed by atoms with Gasteiger partial charge < -0.3 is 14.6 Å². The second-order valence-corrected chi connectivity index (χ2v) is 6.79. The zero-order chi connectivity index (χ0) is 16.2. The number of hydrogen-bond acceptors (Lipinski definition) is 5. The molecule has 1 saturated carbocycles. The summed E-state index contributed by atoms with van der Waals surface area (Å²) < 4.78 is 10.9. The molecule has 5 nitrogen and oxygen atoms in total. The Morgan fingerprint density at radius 1 is 1.55 bits per heavy atom. The molecular weight excluding hydrogens is 284 g/mol. The zero-order valence-electron chi connectivity index (χ0n) is 13.2. The SMILES string of the molecule is C=C1C(=O)O[C@@H]2[C@H]1[C@@H](OC(C)=O)C[C@H](C)[C@@H]1CC=C(C)[C@]21O. The molecule has 120 valence electrons. The van der Waals surface area contributed by atoms with Crippen LogP contribution in [0, 0.1) is 17.8 Å². The molecule has 1 N–H and O–H groups in total. The maximum atomic E-state index is 12.0. The van der Waals surface area contributed by atoms with Crippen molar-refractivity contribution in [1.29, 1.82) is 0 Å². The lowest BCUT2D eigenvalue weighted by Gasteiger charge is -2.38. The molecule has 1 saturated heterocycles. The van der Waals surface area contributed by atoms with Crippen LogP contribution in [-0.2, 0) is 19.1 Å². The van der Waals surface area contributed by atoms with Crippen LogP contribution in [0.15, 0.2) is 23.8 Å². The maximum absolute atomic E-state index is 12.0. The first-order valence-corrected chi connectivity index (χ1v) is 7.73. The lowest BCUT2D eigenvalue weighted by Crippen LogP contribution is -2.51. The van der Waals surface area contributed by atoms with Crippen LogP contribution >= 0.6 is 0 Å². The molecule has 0 radical (unpaired) electrons. The average molecular weight is 306 g/mol. The van der Waals surface area contributed by atoms with Crippen molar-refractivity contribution >= 4 is 11.9 Å². The first-order valence-electron chi connectivity index (χ1n) is 7.73. The van der Waals surface area contributed by atoms with Gasteiger partial charge in [0, 0.05) is 18.4 Å². The highest BCUT2D eigenvalue weighted by Gasteiger charge is 2.62. The van der Waals surface area contributed by atoms with Gasteiger partial charge in [-0.1, -0.05) is 19.6 Å². The van der Waals surface area contributed by atoms with Crippen molar-refractivity contribution in [2.45, 2.75) is 51.4 Å². The van der Waals surface area contributed by atoms with E-state index in [2.05, 4.69) is 6.58 Å². The molecule has 0 amide bonds. The summed E-state index contributed by atoms with van der Waals surface area (Å²) in [5.74, 6) is -1.29. The van der Waals surface area contributed by atoms with Gasteiger partial charge in [-0.15, -0.1) is 0 Å². The number of carbonyl (C=O) groups excluding carboxylic acids is 2. The van der Waals surface area contributed by atoms with Gasteiger partial charge in [0.15, 0.2) is 0 Å². The molecule has 1 heterocycles. The lowest BCUT2D eigenvalue weighted by atomic mass is 9.74. The van der Waals surface area contributed by atoms with E-state index >= 15 is 0 Å². The second kappa shape index (κ2) is 4.95. The predicted molar refractivity (Wildman–Crippen MR) is 78.7 cm³/mol. The van der Waals surface area contributed by atoms with Crippen molar-refractivity contribution in [3.05, 3.63) is 23.8 Å². The summed E-state index contributed by atoms with van der Waals surface area (Å²) in [5.41, 5.74) is -0.0868. The molecule has 0 aromatic heterocycles. The van der Waals surface area contributed by atoms with Crippen molar-refractivity contribution in [3.63, 3.8) is 0 Å². The Bertz CT molecular complexity index is 578. The molecule has 0 aromatic carbocycles. The van der Waals surface area contributed by atoms with Crippen LogP contribution in [0.3, 0.4) is 0 Å². The van der Waals surface area contributed by atoms with Crippen LogP contribution in [0.4, 0.5) is 0 Å². The van der Waals surface area contributed by atoms with Crippen LogP contribution in [0.25, 0.3) is 0 Å². The monoisotopic (exact) mass is 306 g/mol. The number of aliphatic hydroxyl groups is 1. The van der Waals surface area contributed by atoms with E-state index < -0.39 is 35.7 Å². The number of ether oxygens (including phenoxy) is 2. The molecule has 3 rings (SSSR count). The lowest BCUT2D eigenvalue weighted by molar-refractivity contribution is -0.158. The van der Waals surface area contributed by atoms with Gasteiger partial charge in [-0.05, 0) is 31.3 Å². The predicted octanol–water partition coefficient (Wildman–Crippen LogP) is 1.75. The van der Waals surface area contributed by atoms with E-state index in [0.717, 1.165) is 12.0 Å². The van der Waals surface area contributed by atoms with Crippen molar-refractivity contribution in [2.24, 2.45) is 17.8 Å².